The standard InChI is InChI=1S/C17H12F4O5S/c18-16(17(19,20)21,27(23,24)25)15(22)26-9-14-12-7-3-1-5-10(12)11-6-2-4-8-13(11)14/h1-8,14H,9H2,(H,23,24,25). The van der Waals surface area contributed by atoms with E-state index in [1.54, 1.807) is 48.5 Å². The van der Waals surface area contributed by atoms with Gasteiger partial charge in [0.1, 0.15) is 6.61 Å². The zero-order valence-corrected chi connectivity index (χ0v) is 14.2. The van der Waals surface area contributed by atoms with Crippen LogP contribution in [-0.4, -0.2) is 36.7 Å². The Morgan fingerprint density at radius 3 is 1.81 bits per heavy atom. The van der Waals surface area contributed by atoms with Crippen LogP contribution in [0.3, 0.4) is 0 Å². The molecule has 1 aliphatic rings. The van der Waals surface area contributed by atoms with E-state index in [0.717, 1.165) is 11.1 Å². The number of benzene rings is 2. The molecule has 0 radical (unpaired) electrons. The monoisotopic (exact) mass is 404 g/mol. The lowest BCUT2D eigenvalue weighted by molar-refractivity contribution is -0.215. The van der Waals surface area contributed by atoms with Crippen LogP contribution < -0.4 is 0 Å². The molecule has 0 amide bonds. The average Bonchev–Trinajstić information content (AvgIpc) is 2.91. The lowest BCUT2D eigenvalue weighted by Gasteiger charge is -2.23. The molecule has 1 unspecified atom stereocenters. The molecule has 2 aromatic rings. The highest BCUT2D eigenvalue weighted by molar-refractivity contribution is 7.88. The number of ether oxygens (including phenoxy) is 1. The summed E-state index contributed by atoms with van der Waals surface area (Å²) >= 11 is 0. The second-order valence-corrected chi connectivity index (χ2v) is 7.41. The highest BCUT2D eigenvalue weighted by atomic mass is 32.2. The van der Waals surface area contributed by atoms with Gasteiger partial charge in [-0.25, -0.2) is 9.18 Å². The molecule has 1 N–H and O–H groups in total. The first-order valence-corrected chi connectivity index (χ1v) is 9.00. The SMILES string of the molecule is O=C(OCC1c2ccccc2-c2ccccc21)C(F)(C(F)(F)F)S(=O)(=O)O. The Kier molecular flexibility index (Phi) is 4.51. The van der Waals surface area contributed by atoms with Crippen molar-refractivity contribution in [2.75, 3.05) is 6.61 Å². The summed E-state index contributed by atoms with van der Waals surface area (Å²) in [5, 5.41) is -5.56. The summed E-state index contributed by atoms with van der Waals surface area (Å²) in [7, 11) is -6.45. The van der Waals surface area contributed by atoms with Gasteiger partial charge < -0.3 is 4.74 Å². The molecule has 144 valence electrons. The minimum absolute atomic E-state index is 0.634. The van der Waals surface area contributed by atoms with Gasteiger partial charge in [-0.3, -0.25) is 4.55 Å². The van der Waals surface area contributed by atoms with Crippen molar-refractivity contribution in [2.45, 2.75) is 17.1 Å². The Labute approximate surface area is 151 Å². The summed E-state index contributed by atoms with van der Waals surface area (Å²) in [6.07, 6.45) is -6.21. The molecule has 2 aromatic carbocycles. The van der Waals surface area contributed by atoms with E-state index in [4.69, 9.17) is 4.55 Å². The average molecular weight is 404 g/mol. The summed E-state index contributed by atoms with van der Waals surface area (Å²) in [5.41, 5.74) is 2.81. The van der Waals surface area contributed by atoms with Gasteiger partial charge in [-0.05, 0) is 22.3 Å². The van der Waals surface area contributed by atoms with Crippen molar-refractivity contribution in [3.63, 3.8) is 0 Å². The molecule has 0 fully saturated rings. The van der Waals surface area contributed by atoms with Crippen LogP contribution in [0, 0.1) is 0 Å². The van der Waals surface area contributed by atoms with E-state index in [-0.39, 0.29) is 0 Å². The van der Waals surface area contributed by atoms with Crippen LogP contribution in [0.1, 0.15) is 17.0 Å². The fourth-order valence-electron chi connectivity index (χ4n) is 3.06. The van der Waals surface area contributed by atoms with E-state index in [1.165, 1.54) is 0 Å². The Balaban J connectivity index is 1.92. The van der Waals surface area contributed by atoms with E-state index < -0.39 is 39.8 Å². The molecule has 5 nitrogen and oxygen atoms in total. The van der Waals surface area contributed by atoms with Gasteiger partial charge in [0, 0.05) is 5.92 Å². The molecule has 0 spiro atoms. The van der Waals surface area contributed by atoms with Gasteiger partial charge in [0.05, 0.1) is 0 Å². The molecule has 0 bridgehead atoms. The third kappa shape index (κ3) is 2.98. The molecular formula is C17H12F4O5S. The third-order valence-corrected chi connectivity index (χ3v) is 5.44. The molecule has 1 atom stereocenters. The molecule has 1 aliphatic carbocycles. The summed E-state index contributed by atoms with van der Waals surface area (Å²) in [6.45, 7) is -0.732. The van der Waals surface area contributed by atoms with Crippen molar-refractivity contribution in [3.8, 4) is 11.1 Å². The summed E-state index contributed by atoms with van der Waals surface area (Å²) in [5.74, 6) is -3.44. The first-order chi connectivity index (χ1) is 12.5. The lowest BCUT2D eigenvalue weighted by Crippen LogP contribution is -2.55. The minimum Gasteiger partial charge on any atom is -0.461 e. The maximum absolute atomic E-state index is 14.0. The first-order valence-electron chi connectivity index (χ1n) is 7.56. The zero-order chi connectivity index (χ0) is 20.0. The van der Waals surface area contributed by atoms with E-state index in [1.807, 2.05) is 0 Å². The predicted molar refractivity (Wildman–Crippen MR) is 86.1 cm³/mol. The van der Waals surface area contributed by atoms with Crippen LogP contribution in [-0.2, 0) is 19.6 Å². The minimum atomic E-state index is -6.45. The largest absolute Gasteiger partial charge is 0.461 e. The lowest BCUT2D eigenvalue weighted by atomic mass is 9.98. The summed E-state index contributed by atoms with van der Waals surface area (Å²) in [4.78, 5) is 11.7. The number of hydrogen-bond acceptors (Lipinski definition) is 4. The number of hydrogen-bond donors (Lipinski definition) is 1. The van der Waals surface area contributed by atoms with Gasteiger partial charge in [-0.15, -0.1) is 0 Å². The molecule has 0 saturated carbocycles. The van der Waals surface area contributed by atoms with Crippen molar-refractivity contribution in [2.24, 2.45) is 0 Å². The predicted octanol–water partition coefficient (Wildman–Crippen LogP) is 3.46. The maximum Gasteiger partial charge on any atom is 0.451 e. The number of rotatable bonds is 4. The van der Waals surface area contributed by atoms with E-state index in [2.05, 4.69) is 4.74 Å². The number of carbonyl (C=O) groups excluding carboxylic acids is 1. The highest BCUT2D eigenvalue weighted by Crippen LogP contribution is 2.45. The van der Waals surface area contributed by atoms with Gasteiger partial charge >= 0.3 is 27.3 Å². The summed E-state index contributed by atoms with van der Waals surface area (Å²) in [6, 6.07) is 13.7. The van der Waals surface area contributed by atoms with Crippen LogP contribution in [0.25, 0.3) is 11.1 Å². The second-order valence-electron chi connectivity index (χ2n) is 5.89. The fourth-order valence-corrected chi connectivity index (χ4v) is 3.62. The van der Waals surface area contributed by atoms with E-state index in [0.29, 0.717) is 11.1 Å². The molecule has 0 saturated heterocycles. The van der Waals surface area contributed by atoms with Crippen molar-refractivity contribution in [3.05, 3.63) is 59.7 Å². The zero-order valence-electron chi connectivity index (χ0n) is 13.4. The van der Waals surface area contributed by atoms with Gasteiger partial charge in [-0.2, -0.15) is 21.6 Å². The van der Waals surface area contributed by atoms with Gasteiger partial charge in [0.15, 0.2) is 0 Å². The van der Waals surface area contributed by atoms with E-state index in [9.17, 15) is 30.8 Å². The Morgan fingerprint density at radius 2 is 1.41 bits per heavy atom. The molecule has 10 heteroatoms. The van der Waals surface area contributed by atoms with Crippen LogP contribution in [0.5, 0.6) is 0 Å². The molecular weight excluding hydrogens is 392 g/mol. The van der Waals surface area contributed by atoms with Crippen molar-refractivity contribution in [1.82, 2.24) is 0 Å². The van der Waals surface area contributed by atoms with Crippen molar-refractivity contribution in [1.29, 1.82) is 0 Å². The quantitative estimate of drug-likeness (QED) is 0.480. The van der Waals surface area contributed by atoms with Crippen LogP contribution in [0.2, 0.25) is 0 Å². The second kappa shape index (κ2) is 6.31. The van der Waals surface area contributed by atoms with E-state index >= 15 is 0 Å². The fraction of sp³-hybridized carbons (Fsp3) is 0.235. The smallest absolute Gasteiger partial charge is 0.451 e. The van der Waals surface area contributed by atoms with Crippen LogP contribution >= 0.6 is 0 Å². The number of fused-ring (bicyclic) bond motifs is 3. The van der Waals surface area contributed by atoms with Gasteiger partial charge in [-0.1, -0.05) is 48.5 Å². The molecule has 0 aromatic heterocycles. The van der Waals surface area contributed by atoms with Crippen LogP contribution in [0.15, 0.2) is 48.5 Å². The Bertz CT molecular complexity index is 957. The molecule has 0 aliphatic heterocycles. The Hall–Kier alpha value is -2.46. The molecule has 0 heterocycles. The molecule has 3 rings (SSSR count). The first kappa shape index (κ1) is 19.3. The Morgan fingerprint density at radius 1 is 0.963 bits per heavy atom. The third-order valence-electron chi connectivity index (χ3n) is 4.33. The number of halogens is 4. The number of alkyl halides is 4. The van der Waals surface area contributed by atoms with Gasteiger partial charge in [0.2, 0.25) is 0 Å². The summed E-state index contributed by atoms with van der Waals surface area (Å²) < 4.78 is 87.3. The molecule has 27 heavy (non-hydrogen) atoms. The normalized spacial score (nSPS) is 16.3. The van der Waals surface area contributed by atoms with Crippen molar-refractivity contribution < 1.29 is 40.1 Å². The van der Waals surface area contributed by atoms with Crippen molar-refractivity contribution >= 4 is 16.1 Å². The topological polar surface area (TPSA) is 80.7 Å². The maximum atomic E-state index is 14.0. The highest BCUT2D eigenvalue weighted by Gasteiger charge is 2.72. The van der Waals surface area contributed by atoms with Crippen LogP contribution in [0.4, 0.5) is 17.6 Å². The number of esters is 1. The van der Waals surface area contributed by atoms with Gasteiger partial charge in [0.25, 0.3) is 0 Å². The number of carbonyl (C=O) groups is 1.